The van der Waals surface area contributed by atoms with Gasteiger partial charge in [-0.05, 0) is 18.2 Å². The number of benzene rings is 1. The van der Waals surface area contributed by atoms with E-state index in [0.29, 0.717) is 37.7 Å². The number of pyridine rings is 2. The summed E-state index contributed by atoms with van der Waals surface area (Å²) in [5.41, 5.74) is 0.451. The maximum Gasteiger partial charge on any atom is 0.419 e. The Morgan fingerprint density at radius 3 is 2.39 bits per heavy atom. The SMILES string of the molecule is O=C(c1ccc2ccccc2n1)N1CCN(c2ccc(C(F)(F)F)c[nH+]2)CC1. The summed E-state index contributed by atoms with van der Waals surface area (Å²) >= 11 is 0. The van der Waals surface area contributed by atoms with E-state index in [2.05, 4.69) is 9.97 Å². The highest BCUT2D eigenvalue weighted by Gasteiger charge is 2.33. The molecule has 0 bridgehead atoms. The number of nitrogens with zero attached hydrogens (tertiary/aromatic N) is 3. The Bertz CT molecular complexity index is 996. The molecule has 0 unspecified atom stereocenters. The highest BCUT2D eigenvalue weighted by molar-refractivity contribution is 5.95. The van der Waals surface area contributed by atoms with Gasteiger partial charge in [-0.15, -0.1) is 0 Å². The molecule has 0 spiro atoms. The number of piperazine rings is 1. The molecule has 2 aromatic heterocycles. The number of hydrogen-bond donors (Lipinski definition) is 0. The number of alkyl halides is 3. The first-order valence-electron chi connectivity index (χ1n) is 8.91. The van der Waals surface area contributed by atoms with Crippen LogP contribution < -0.4 is 9.88 Å². The average Bonchev–Trinajstić information content (AvgIpc) is 2.72. The third-order valence-electron chi connectivity index (χ3n) is 4.85. The van der Waals surface area contributed by atoms with Gasteiger partial charge in [-0.1, -0.05) is 24.3 Å². The second kappa shape index (κ2) is 7.10. The number of rotatable bonds is 2. The van der Waals surface area contributed by atoms with Crippen LogP contribution >= 0.6 is 0 Å². The van der Waals surface area contributed by atoms with E-state index in [-0.39, 0.29) is 5.91 Å². The van der Waals surface area contributed by atoms with Crippen molar-refractivity contribution in [3.63, 3.8) is 0 Å². The highest BCUT2D eigenvalue weighted by Crippen LogP contribution is 2.28. The van der Waals surface area contributed by atoms with E-state index in [1.165, 1.54) is 6.07 Å². The van der Waals surface area contributed by atoms with E-state index in [4.69, 9.17) is 0 Å². The zero-order valence-corrected chi connectivity index (χ0v) is 14.9. The fraction of sp³-hybridized carbons (Fsp3) is 0.250. The molecular weight excluding hydrogens is 369 g/mol. The first kappa shape index (κ1) is 18.2. The molecule has 1 aliphatic heterocycles. The lowest BCUT2D eigenvalue weighted by Crippen LogP contribution is -2.50. The van der Waals surface area contributed by atoms with Crippen LogP contribution in [0.15, 0.2) is 54.7 Å². The molecule has 1 aromatic carbocycles. The van der Waals surface area contributed by atoms with Gasteiger partial charge in [0.25, 0.3) is 11.7 Å². The fourth-order valence-electron chi connectivity index (χ4n) is 3.29. The number of hydrogen-bond acceptors (Lipinski definition) is 3. The number of anilines is 1. The topological polar surface area (TPSA) is 50.6 Å². The number of aromatic nitrogens is 2. The van der Waals surface area contributed by atoms with E-state index in [9.17, 15) is 18.0 Å². The molecule has 0 aliphatic carbocycles. The molecule has 1 N–H and O–H groups in total. The van der Waals surface area contributed by atoms with Crippen molar-refractivity contribution >= 4 is 22.6 Å². The number of fused-ring (bicyclic) bond motifs is 1. The molecule has 28 heavy (non-hydrogen) atoms. The van der Waals surface area contributed by atoms with Crippen molar-refractivity contribution in [1.29, 1.82) is 0 Å². The van der Waals surface area contributed by atoms with Crippen LogP contribution in [0, 0.1) is 0 Å². The molecule has 0 saturated carbocycles. The van der Waals surface area contributed by atoms with Gasteiger partial charge in [0.2, 0.25) is 0 Å². The Kier molecular flexibility index (Phi) is 4.62. The summed E-state index contributed by atoms with van der Waals surface area (Å²) in [6, 6.07) is 13.7. The van der Waals surface area contributed by atoms with Gasteiger partial charge in [0.15, 0.2) is 0 Å². The predicted molar refractivity (Wildman–Crippen MR) is 97.9 cm³/mol. The molecular formula is C20H18F3N4O+. The van der Waals surface area contributed by atoms with Gasteiger partial charge in [-0.3, -0.25) is 9.69 Å². The van der Waals surface area contributed by atoms with Gasteiger partial charge in [-0.2, -0.15) is 13.2 Å². The normalized spacial score (nSPS) is 15.1. The molecule has 0 atom stereocenters. The van der Waals surface area contributed by atoms with Gasteiger partial charge < -0.3 is 4.90 Å². The van der Waals surface area contributed by atoms with Crippen LogP contribution in [-0.2, 0) is 6.18 Å². The minimum atomic E-state index is -4.37. The van der Waals surface area contributed by atoms with Crippen LogP contribution in [0.5, 0.6) is 0 Å². The predicted octanol–water partition coefficient (Wildman–Crippen LogP) is 3.03. The summed E-state index contributed by atoms with van der Waals surface area (Å²) in [5.74, 6) is 0.464. The summed E-state index contributed by atoms with van der Waals surface area (Å²) in [7, 11) is 0. The summed E-state index contributed by atoms with van der Waals surface area (Å²) in [6.45, 7) is 2.01. The number of carbonyl (C=O) groups is 1. The van der Waals surface area contributed by atoms with Crippen LogP contribution in [0.25, 0.3) is 10.9 Å². The molecule has 0 radical (unpaired) electrons. The minimum absolute atomic E-state index is 0.137. The van der Waals surface area contributed by atoms with Crippen LogP contribution in [0.2, 0.25) is 0 Å². The van der Waals surface area contributed by atoms with E-state index < -0.39 is 11.7 Å². The van der Waals surface area contributed by atoms with Gasteiger partial charge in [0.05, 0.1) is 24.2 Å². The van der Waals surface area contributed by atoms with Crippen molar-refractivity contribution in [2.24, 2.45) is 0 Å². The smallest absolute Gasteiger partial charge is 0.329 e. The standard InChI is InChI=1S/C20H17F3N4O/c21-20(22,23)15-6-8-18(24-13-15)26-9-11-27(12-10-26)19(28)17-7-5-14-3-1-2-4-16(14)25-17/h1-8,13H,9-12H2/p+1. The maximum absolute atomic E-state index is 12.8. The van der Waals surface area contributed by atoms with Gasteiger partial charge in [0.1, 0.15) is 25.0 Å². The van der Waals surface area contributed by atoms with E-state index >= 15 is 0 Å². The second-order valence-electron chi connectivity index (χ2n) is 6.63. The Morgan fingerprint density at radius 2 is 1.71 bits per heavy atom. The Morgan fingerprint density at radius 1 is 0.964 bits per heavy atom. The van der Waals surface area contributed by atoms with Gasteiger partial charge >= 0.3 is 6.18 Å². The monoisotopic (exact) mass is 387 g/mol. The third kappa shape index (κ3) is 3.62. The van der Waals surface area contributed by atoms with Crippen molar-refractivity contribution in [3.05, 3.63) is 66.0 Å². The molecule has 4 rings (SSSR count). The van der Waals surface area contributed by atoms with Crippen molar-refractivity contribution in [3.8, 4) is 0 Å². The zero-order valence-electron chi connectivity index (χ0n) is 14.9. The molecule has 1 amide bonds. The molecule has 5 nitrogen and oxygen atoms in total. The van der Waals surface area contributed by atoms with Crippen LogP contribution in [0.4, 0.5) is 19.0 Å². The number of amides is 1. The van der Waals surface area contributed by atoms with E-state index in [1.54, 1.807) is 11.0 Å². The van der Waals surface area contributed by atoms with E-state index in [1.807, 2.05) is 35.2 Å². The van der Waals surface area contributed by atoms with Gasteiger partial charge in [0, 0.05) is 11.5 Å². The first-order valence-corrected chi connectivity index (χ1v) is 8.91. The largest absolute Gasteiger partial charge is 0.419 e. The van der Waals surface area contributed by atoms with Crippen LogP contribution in [0.1, 0.15) is 16.1 Å². The molecule has 3 aromatic rings. The number of halogens is 3. The molecule has 1 fully saturated rings. The molecule has 1 aliphatic rings. The zero-order chi connectivity index (χ0) is 19.7. The Hall–Kier alpha value is -3.16. The van der Waals surface area contributed by atoms with Crippen molar-refractivity contribution < 1.29 is 22.9 Å². The molecule has 1 saturated heterocycles. The Balaban J connectivity index is 1.42. The fourth-order valence-corrected chi connectivity index (χ4v) is 3.29. The van der Waals surface area contributed by atoms with Crippen molar-refractivity contribution in [2.45, 2.75) is 6.18 Å². The van der Waals surface area contributed by atoms with Crippen molar-refractivity contribution in [2.75, 3.05) is 31.1 Å². The Labute approximate surface area is 159 Å². The lowest BCUT2D eigenvalue weighted by molar-refractivity contribution is -0.367. The summed E-state index contributed by atoms with van der Waals surface area (Å²) < 4.78 is 38.0. The summed E-state index contributed by atoms with van der Waals surface area (Å²) in [4.78, 5) is 23.5. The number of nitrogens with one attached hydrogen (secondary N) is 1. The van der Waals surface area contributed by atoms with Gasteiger partial charge in [-0.25, -0.2) is 9.97 Å². The second-order valence-corrected chi connectivity index (χ2v) is 6.63. The van der Waals surface area contributed by atoms with Crippen LogP contribution in [-0.4, -0.2) is 42.0 Å². The van der Waals surface area contributed by atoms with E-state index in [0.717, 1.165) is 23.2 Å². The first-order chi connectivity index (χ1) is 13.4. The van der Waals surface area contributed by atoms with Crippen molar-refractivity contribution in [1.82, 2.24) is 9.88 Å². The quantitative estimate of drug-likeness (QED) is 0.679. The third-order valence-corrected chi connectivity index (χ3v) is 4.85. The molecule has 8 heteroatoms. The molecule has 3 heterocycles. The summed E-state index contributed by atoms with van der Waals surface area (Å²) in [5, 5.41) is 0.974. The highest BCUT2D eigenvalue weighted by atomic mass is 19.4. The van der Waals surface area contributed by atoms with Crippen LogP contribution in [0.3, 0.4) is 0 Å². The number of H-pyrrole nitrogens is 1. The lowest BCUT2D eigenvalue weighted by Gasteiger charge is -2.30. The lowest BCUT2D eigenvalue weighted by atomic mass is 10.2. The number of carbonyl (C=O) groups excluding carboxylic acids is 1. The average molecular weight is 387 g/mol. The number of aromatic amines is 1. The minimum Gasteiger partial charge on any atom is -0.329 e. The maximum atomic E-state index is 12.8. The summed E-state index contributed by atoms with van der Waals surface area (Å²) in [6.07, 6.45) is -3.40. The molecule has 144 valence electrons. The number of para-hydroxylation sites is 1.